The van der Waals surface area contributed by atoms with E-state index in [1.54, 1.807) is 50.3 Å². The van der Waals surface area contributed by atoms with E-state index in [1.807, 2.05) is 36.4 Å². The Balaban J connectivity index is 2.19. The van der Waals surface area contributed by atoms with Crippen molar-refractivity contribution in [3.8, 4) is 0 Å². The summed E-state index contributed by atoms with van der Waals surface area (Å²) in [4.78, 5) is 40.0. The van der Waals surface area contributed by atoms with Crippen LogP contribution in [0.5, 0.6) is 0 Å². The number of allylic oxidation sites excluding steroid dienone is 2. The zero-order valence-corrected chi connectivity index (χ0v) is 17.2. The van der Waals surface area contributed by atoms with E-state index >= 15 is 0 Å². The minimum atomic E-state index is -1.63. The number of hydrogen-bond donors (Lipinski definition) is 0. The maximum Gasteiger partial charge on any atom is 0.324 e. The third-order valence-electron chi connectivity index (χ3n) is 5.47. The Morgan fingerprint density at radius 1 is 0.867 bits per heavy atom. The van der Waals surface area contributed by atoms with Crippen LogP contribution in [0.25, 0.3) is 0 Å². The summed E-state index contributed by atoms with van der Waals surface area (Å²) in [6, 6.07) is 18.1. The monoisotopic (exact) mass is 406 g/mol. The second-order valence-corrected chi connectivity index (χ2v) is 7.19. The van der Waals surface area contributed by atoms with E-state index in [4.69, 9.17) is 9.47 Å². The zero-order chi connectivity index (χ0) is 21.6. The number of benzene rings is 2. The lowest BCUT2D eigenvalue weighted by atomic mass is 9.60. The van der Waals surface area contributed by atoms with Crippen LogP contribution >= 0.6 is 0 Å². The normalized spacial score (nSPS) is 19.7. The number of rotatable bonds is 7. The van der Waals surface area contributed by atoms with Crippen LogP contribution in [-0.2, 0) is 19.1 Å². The van der Waals surface area contributed by atoms with E-state index in [9.17, 15) is 14.4 Å². The molecule has 5 heteroatoms. The third-order valence-corrected chi connectivity index (χ3v) is 5.47. The molecule has 0 heterocycles. The lowest BCUT2D eigenvalue weighted by molar-refractivity contribution is -0.175. The van der Waals surface area contributed by atoms with Gasteiger partial charge in [-0.3, -0.25) is 14.4 Å². The average Bonchev–Trinajstić information content (AvgIpc) is 2.79. The van der Waals surface area contributed by atoms with Crippen molar-refractivity contribution < 1.29 is 23.9 Å². The molecule has 2 aromatic carbocycles. The molecule has 0 saturated carbocycles. The number of ether oxygens (including phenoxy) is 2. The van der Waals surface area contributed by atoms with Gasteiger partial charge >= 0.3 is 11.9 Å². The highest BCUT2D eigenvalue weighted by Gasteiger charge is 2.59. The van der Waals surface area contributed by atoms with Crippen molar-refractivity contribution in [1.82, 2.24) is 0 Å². The number of esters is 2. The Morgan fingerprint density at radius 2 is 1.40 bits per heavy atom. The second kappa shape index (κ2) is 9.53. The van der Waals surface area contributed by atoms with E-state index in [2.05, 4.69) is 0 Å². The molecule has 3 rings (SSSR count). The molecule has 0 aromatic heterocycles. The predicted octanol–water partition coefficient (Wildman–Crippen LogP) is 4.34. The first-order valence-electron chi connectivity index (χ1n) is 10.2. The molecule has 1 aliphatic carbocycles. The van der Waals surface area contributed by atoms with Crippen molar-refractivity contribution in [3.05, 3.63) is 83.9 Å². The molecule has 1 aliphatic rings. The molecule has 0 spiro atoms. The molecule has 0 N–H and O–H groups in total. The van der Waals surface area contributed by atoms with Crippen LogP contribution < -0.4 is 0 Å². The molecule has 0 unspecified atom stereocenters. The summed E-state index contributed by atoms with van der Waals surface area (Å²) in [5, 5.41) is 0. The summed E-state index contributed by atoms with van der Waals surface area (Å²) in [7, 11) is 0. The first-order chi connectivity index (χ1) is 14.6. The van der Waals surface area contributed by atoms with Gasteiger partial charge in [0.05, 0.1) is 13.2 Å². The minimum absolute atomic E-state index is 0.114. The zero-order valence-electron chi connectivity index (χ0n) is 17.2. The molecule has 0 bridgehead atoms. The van der Waals surface area contributed by atoms with E-state index in [-0.39, 0.29) is 25.4 Å². The molecule has 0 saturated heterocycles. The van der Waals surface area contributed by atoms with Crippen molar-refractivity contribution >= 4 is 17.7 Å². The molecule has 0 aliphatic heterocycles. The molecule has 2 aromatic rings. The molecule has 5 nitrogen and oxygen atoms in total. The smallest absolute Gasteiger partial charge is 0.324 e. The quantitative estimate of drug-likeness (QED) is 0.296. The number of Topliss-reactive ketones (excluding diaryl/α,β-unsaturated/α-hetero) is 1. The standard InChI is InChI=1S/C25H26O5/c1-3-29-23(27)25(24(28)30-4-2)17-11-16-20(21(25)18-12-7-5-8-13-18)22(26)19-14-9-6-10-15-19/h5-16,20-21H,3-4,17H2,1-2H3/t20-,21+/m0/s1. The van der Waals surface area contributed by atoms with Crippen LogP contribution in [-0.4, -0.2) is 30.9 Å². The molecule has 0 amide bonds. The van der Waals surface area contributed by atoms with E-state index in [1.165, 1.54) is 0 Å². The van der Waals surface area contributed by atoms with Gasteiger partial charge in [-0.1, -0.05) is 72.8 Å². The van der Waals surface area contributed by atoms with Gasteiger partial charge in [0.25, 0.3) is 0 Å². The Hall–Kier alpha value is -3.21. The fourth-order valence-corrected chi connectivity index (χ4v) is 4.15. The van der Waals surface area contributed by atoms with Crippen LogP contribution in [0.3, 0.4) is 0 Å². The van der Waals surface area contributed by atoms with Crippen molar-refractivity contribution in [1.29, 1.82) is 0 Å². The third kappa shape index (κ3) is 3.92. The summed E-state index contributed by atoms with van der Waals surface area (Å²) in [6.07, 6.45) is 3.63. The molecule has 156 valence electrons. The van der Waals surface area contributed by atoms with Crippen LogP contribution in [0.1, 0.15) is 42.1 Å². The maximum absolute atomic E-state index is 13.5. The highest BCUT2D eigenvalue weighted by atomic mass is 16.6. The van der Waals surface area contributed by atoms with Crippen molar-refractivity contribution in [2.24, 2.45) is 11.3 Å². The first kappa shape index (κ1) is 21.5. The SMILES string of the molecule is CCOC(=O)C1(C(=O)OCC)CC=C[C@H](C(=O)c2ccccc2)[C@H]1c1ccccc1. The average molecular weight is 406 g/mol. The van der Waals surface area contributed by atoms with E-state index in [0.29, 0.717) is 5.56 Å². The van der Waals surface area contributed by atoms with Gasteiger partial charge in [-0.15, -0.1) is 0 Å². The largest absolute Gasteiger partial charge is 0.465 e. The van der Waals surface area contributed by atoms with Gasteiger partial charge in [-0.05, 0) is 25.8 Å². The molecule has 0 radical (unpaired) electrons. The van der Waals surface area contributed by atoms with Crippen molar-refractivity contribution in [2.75, 3.05) is 13.2 Å². The molecule has 2 atom stereocenters. The molecular formula is C25H26O5. The number of carbonyl (C=O) groups is 3. The number of ketones is 1. The summed E-state index contributed by atoms with van der Waals surface area (Å²) >= 11 is 0. The second-order valence-electron chi connectivity index (χ2n) is 7.19. The van der Waals surface area contributed by atoms with Gasteiger partial charge in [0.1, 0.15) is 0 Å². The molecular weight excluding hydrogens is 380 g/mol. The Kier molecular flexibility index (Phi) is 6.83. The highest BCUT2D eigenvalue weighted by molar-refractivity contribution is 6.05. The molecule has 0 fully saturated rings. The lowest BCUT2D eigenvalue weighted by Gasteiger charge is -2.41. The number of carbonyl (C=O) groups excluding carboxylic acids is 3. The van der Waals surface area contributed by atoms with Crippen LogP contribution in [0.4, 0.5) is 0 Å². The Labute approximate surface area is 176 Å². The van der Waals surface area contributed by atoms with Crippen molar-refractivity contribution in [2.45, 2.75) is 26.2 Å². The van der Waals surface area contributed by atoms with Gasteiger partial charge in [0, 0.05) is 17.4 Å². The summed E-state index contributed by atoms with van der Waals surface area (Å²) in [5.74, 6) is -2.93. The Morgan fingerprint density at radius 3 is 1.93 bits per heavy atom. The van der Waals surface area contributed by atoms with E-state index < -0.39 is 29.2 Å². The number of hydrogen-bond acceptors (Lipinski definition) is 5. The van der Waals surface area contributed by atoms with Crippen molar-refractivity contribution in [3.63, 3.8) is 0 Å². The van der Waals surface area contributed by atoms with Gasteiger partial charge in [0.2, 0.25) is 0 Å². The van der Waals surface area contributed by atoms with Crippen LogP contribution in [0.15, 0.2) is 72.8 Å². The Bertz CT molecular complexity index is 899. The highest BCUT2D eigenvalue weighted by Crippen LogP contribution is 2.50. The van der Waals surface area contributed by atoms with Crippen LogP contribution in [0, 0.1) is 11.3 Å². The van der Waals surface area contributed by atoms with Gasteiger partial charge in [0.15, 0.2) is 11.2 Å². The predicted molar refractivity (Wildman–Crippen MR) is 113 cm³/mol. The lowest BCUT2D eigenvalue weighted by Crippen LogP contribution is -2.51. The summed E-state index contributed by atoms with van der Waals surface area (Å²) in [5.41, 5.74) is -0.383. The summed E-state index contributed by atoms with van der Waals surface area (Å²) in [6.45, 7) is 3.64. The van der Waals surface area contributed by atoms with Gasteiger partial charge in [-0.25, -0.2) is 0 Å². The maximum atomic E-state index is 13.5. The summed E-state index contributed by atoms with van der Waals surface area (Å²) < 4.78 is 10.7. The first-order valence-corrected chi connectivity index (χ1v) is 10.2. The fourth-order valence-electron chi connectivity index (χ4n) is 4.15. The van der Waals surface area contributed by atoms with Gasteiger partial charge < -0.3 is 9.47 Å². The minimum Gasteiger partial charge on any atom is -0.465 e. The molecule has 30 heavy (non-hydrogen) atoms. The van der Waals surface area contributed by atoms with Gasteiger partial charge in [-0.2, -0.15) is 0 Å². The van der Waals surface area contributed by atoms with Crippen LogP contribution in [0.2, 0.25) is 0 Å². The fraction of sp³-hybridized carbons (Fsp3) is 0.320. The topological polar surface area (TPSA) is 69.7 Å². The van der Waals surface area contributed by atoms with E-state index in [0.717, 1.165) is 5.56 Å².